The van der Waals surface area contributed by atoms with E-state index in [1.54, 1.807) is 0 Å². The second-order valence-electron chi connectivity index (χ2n) is 11.8. The van der Waals surface area contributed by atoms with Crippen molar-refractivity contribution in [3.8, 4) is 44.8 Å². The highest BCUT2D eigenvalue weighted by Crippen LogP contribution is 2.38. The molecule has 46 heavy (non-hydrogen) atoms. The number of aromatic nitrogens is 2. The lowest BCUT2D eigenvalue weighted by Gasteiger charge is -2.12. The highest BCUT2D eigenvalue weighted by molar-refractivity contribution is 6.25. The molecule has 1 aromatic heterocycles. The Bertz CT molecular complexity index is 2510. The SMILES string of the molecule is c1ccc(-c2nc3ccccc3nc2-c2ccc(-c3ccc(-c4ccc5c6ccccc6c6ccccc6c5c4)cc3)cc2)cc1. The molecule has 214 valence electrons. The lowest BCUT2D eigenvalue weighted by atomic mass is 9.91. The van der Waals surface area contributed by atoms with Gasteiger partial charge in [0.15, 0.2) is 0 Å². The summed E-state index contributed by atoms with van der Waals surface area (Å²) in [6.07, 6.45) is 0. The summed E-state index contributed by atoms with van der Waals surface area (Å²) >= 11 is 0. The van der Waals surface area contributed by atoms with Crippen molar-refractivity contribution >= 4 is 43.4 Å². The van der Waals surface area contributed by atoms with Crippen molar-refractivity contribution in [2.24, 2.45) is 0 Å². The van der Waals surface area contributed by atoms with E-state index in [4.69, 9.17) is 9.97 Å². The van der Waals surface area contributed by atoms with Crippen molar-refractivity contribution in [3.05, 3.63) is 170 Å². The topological polar surface area (TPSA) is 25.8 Å². The van der Waals surface area contributed by atoms with Crippen molar-refractivity contribution in [1.29, 1.82) is 0 Å². The maximum Gasteiger partial charge on any atom is 0.0973 e. The predicted molar refractivity (Wildman–Crippen MR) is 194 cm³/mol. The second kappa shape index (κ2) is 10.8. The minimum atomic E-state index is 0.892. The van der Waals surface area contributed by atoms with Crippen LogP contribution in [0.1, 0.15) is 0 Å². The third-order valence-corrected chi connectivity index (χ3v) is 9.07. The molecule has 2 heteroatoms. The van der Waals surface area contributed by atoms with Crippen LogP contribution in [0.4, 0.5) is 0 Å². The van der Waals surface area contributed by atoms with Gasteiger partial charge in [-0.1, -0.05) is 152 Å². The number of fused-ring (bicyclic) bond motifs is 7. The van der Waals surface area contributed by atoms with Crippen LogP contribution in [0.3, 0.4) is 0 Å². The van der Waals surface area contributed by atoms with E-state index in [-0.39, 0.29) is 0 Å². The van der Waals surface area contributed by atoms with E-state index >= 15 is 0 Å². The van der Waals surface area contributed by atoms with E-state index in [1.165, 1.54) is 54.6 Å². The third kappa shape index (κ3) is 4.43. The molecule has 0 saturated carbocycles. The molecule has 0 aliphatic rings. The summed E-state index contributed by atoms with van der Waals surface area (Å²) < 4.78 is 0. The molecule has 0 radical (unpaired) electrons. The molecule has 0 amide bonds. The highest BCUT2D eigenvalue weighted by atomic mass is 14.8. The van der Waals surface area contributed by atoms with Gasteiger partial charge in [-0.3, -0.25) is 0 Å². The Kier molecular flexibility index (Phi) is 6.17. The van der Waals surface area contributed by atoms with Crippen LogP contribution in [0.15, 0.2) is 170 Å². The van der Waals surface area contributed by atoms with Crippen LogP contribution in [-0.4, -0.2) is 9.97 Å². The van der Waals surface area contributed by atoms with E-state index in [2.05, 4.69) is 127 Å². The second-order valence-corrected chi connectivity index (χ2v) is 11.8. The van der Waals surface area contributed by atoms with Crippen LogP contribution in [0.25, 0.3) is 88.1 Å². The Morgan fingerprint density at radius 2 is 0.587 bits per heavy atom. The zero-order valence-corrected chi connectivity index (χ0v) is 25.1. The van der Waals surface area contributed by atoms with Crippen LogP contribution >= 0.6 is 0 Å². The summed E-state index contributed by atoms with van der Waals surface area (Å²) in [5, 5.41) is 7.78. The lowest BCUT2D eigenvalue weighted by molar-refractivity contribution is 1.29. The Labute approximate surface area is 267 Å². The summed E-state index contributed by atoms with van der Waals surface area (Å²) in [5.74, 6) is 0. The molecule has 0 spiro atoms. The van der Waals surface area contributed by atoms with Crippen molar-refractivity contribution in [1.82, 2.24) is 9.97 Å². The summed E-state index contributed by atoms with van der Waals surface area (Å²) in [4.78, 5) is 10.1. The largest absolute Gasteiger partial charge is 0.244 e. The first-order valence-corrected chi connectivity index (χ1v) is 15.7. The highest BCUT2D eigenvalue weighted by Gasteiger charge is 2.14. The molecule has 2 nitrogen and oxygen atoms in total. The minimum Gasteiger partial charge on any atom is -0.244 e. The zero-order chi connectivity index (χ0) is 30.5. The molecule has 0 fully saturated rings. The van der Waals surface area contributed by atoms with Gasteiger partial charge in [0, 0.05) is 11.1 Å². The average molecular weight is 585 g/mol. The number of rotatable bonds is 4. The van der Waals surface area contributed by atoms with E-state index in [0.29, 0.717) is 0 Å². The van der Waals surface area contributed by atoms with Gasteiger partial charge in [0.2, 0.25) is 0 Å². The smallest absolute Gasteiger partial charge is 0.0973 e. The van der Waals surface area contributed by atoms with E-state index in [1.807, 2.05) is 42.5 Å². The maximum atomic E-state index is 5.06. The fourth-order valence-corrected chi connectivity index (χ4v) is 6.76. The van der Waals surface area contributed by atoms with Crippen molar-refractivity contribution in [2.75, 3.05) is 0 Å². The first-order chi connectivity index (χ1) is 22.8. The van der Waals surface area contributed by atoms with Crippen LogP contribution < -0.4 is 0 Å². The normalized spacial score (nSPS) is 11.5. The van der Waals surface area contributed by atoms with Gasteiger partial charge in [-0.25, -0.2) is 9.97 Å². The number of nitrogens with zero attached hydrogens (tertiary/aromatic N) is 2. The van der Waals surface area contributed by atoms with Crippen LogP contribution in [0.5, 0.6) is 0 Å². The van der Waals surface area contributed by atoms with Crippen LogP contribution in [0.2, 0.25) is 0 Å². The number of hydrogen-bond donors (Lipinski definition) is 0. The standard InChI is InChI=1S/C44H28N2/c1-2-10-32(11-3-1)43-44(46-42-17-9-8-16-41(42)45-43)33-24-22-30(23-25-33)29-18-20-31(21-19-29)34-26-27-39-37-14-5-4-12-35(37)36-13-6-7-15-38(36)40(39)28-34/h1-28H. The van der Waals surface area contributed by atoms with E-state index in [9.17, 15) is 0 Å². The Morgan fingerprint density at radius 3 is 1.11 bits per heavy atom. The Balaban J connectivity index is 1.07. The molecule has 8 aromatic carbocycles. The molecule has 0 bridgehead atoms. The molecule has 0 atom stereocenters. The number of benzene rings is 8. The number of hydrogen-bond acceptors (Lipinski definition) is 2. The lowest BCUT2D eigenvalue weighted by Crippen LogP contribution is -1.95. The molecular formula is C44H28N2. The molecular weight excluding hydrogens is 556 g/mol. The van der Waals surface area contributed by atoms with Crippen molar-refractivity contribution in [2.45, 2.75) is 0 Å². The summed E-state index contributed by atoms with van der Waals surface area (Å²) in [7, 11) is 0. The Hall–Kier alpha value is -6.12. The summed E-state index contributed by atoms with van der Waals surface area (Å²) in [5.41, 5.74) is 10.5. The maximum absolute atomic E-state index is 5.06. The summed E-state index contributed by atoms with van der Waals surface area (Å²) in [6, 6.07) is 60.3. The summed E-state index contributed by atoms with van der Waals surface area (Å²) in [6.45, 7) is 0. The fourth-order valence-electron chi connectivity index (χ4n) is 6.76. The van der Waals surface area contributed by atoms with Gasteiger partial charge >= 0.3 is 0 Å². The van der Waals surface area contributed by atoms with Gasteiger partial charge in [-0.2, -0.15) is 0 Å². The van der Waals surface area contributed by atoms with Crippen LogP contribution in [-0.2, 0) is 0 Å². The Morgan fingerprint density at radius 1 is 0.239 bits per heavy atom. The van der Waals surface area contributed by atoms with Gasteiger partial charge < -0.3 is 0 Å². The molecule has 0 saturated heterocycles. The van der Waals surface area contributed by atoms with Gasteiger partial charge in [0.05, 0.1) is 22.4 Å². The van der Waals surface area contributed by atoms with Gasteiger partial charge in [-0.05, 0) is 72.8 Å². The molecule has 0 N–H and O–H groups in total. The molecule has 9 aromatic rings. The van der Waals surface area contributed by atoms with Gasteiger partial charge in [-0.15, -0.1) is 0 Å². The van der Waals surface area contributed by atoms with Crippen LogP contribution in [0, 0.1) is 0 Å². The first kappa shape index (κ1) is 26.3. The fraction of sp³-hybridized carbons (Fsp3) is 0. The number of para-hydroxylation sites is 2. The monoisotopic (exact) mass is 584 g/mol. The minimum absolute atomic E-state index is 0.892. The van der Waals surface area contributed by atoms with Gasteiger partial charge in [0.25, 0.3) is 0 Å². The zero-order valence-electron chi connectivity index (χ0n) is 25.1. The average Bonchev–Trinajstić information content (AvgIpc) is 3.15. The molecule has 9 rings (SSSR count). The molecule has 0 aliphatic carbocycles. The molecule has 0 aliphatic heterocycles. The molecule has 1 heterocycles. The van der Waals surface area contributed by atoms with Gasteiger partial charge in [0.1, 0.15) is 0 Å². The molecule has 0 unspecified atom stereocenters. The van der Waals surface area contributed by atoms with Crippen molar-refractivity contribution < 1.29 is 0 Å². The quantitative estimate of drug-likeness (QED) is 0.192. The predicted octanol–water partition coefficient (Wildman–Crippen LogP) is 11.8. The third-order valence-electron chi connectivity index (χ3n) is 9.07. The van der Waals surface area contributed by atoms with E-state index < -0.39 is 0 Å². The van der Waals surface area contributed by atoms with E-state index in [0.717, 1.165) is 33.5 Å². The van der Waals surface area contributed by atoms with Crippen molar-refractivity contribution in [3.63, 3.8) is 0 Å². The first-order valence-electron chi connectivity index (χ1n) is 15.7.